The van der Waals surface area contributed by atoms with Crippen LogP contribution in [0.3, 0.4) is 0 Å². The van der Waals surface area contributed by atoms with E-state index in [-0.39, 0.29) is 0 Å². The first-order valence-electron chi connectivity index (χ1n) is 4.62. The lowest BCUT2D eigenvalue weighted by Gasteiger charge is -2.07. The van der Waals surface area contributed by atoms with E-state index >= 15 is 0 Å². The molecule has 1 N–H and O–H groups in total. The van der Waals surface area contributed by atoms with Crippen LogP contribution in [0.1, 0.15) is 0 Å². The van der Waals surface area contributed by atoms with Crippen LogP contribution in [0.25, 0.3) is 5.69 Å². The molecule has 0 saturated carbocycles. The van der Waals surface area contributed by atoms with Gasteiger partial charge in [-0.2, -0.15) is 0 Å². The fraction of sp³-hybridized carbons (Fsp3) is 0.111. The van der Waals surface area contributed by atoms with E-state index in [9.17, 15) is 8.42 Å². The van der Waals surface area contributed by atoms with Gasteiger partial charge in [0.2, 0.25) is 10.0 Å². The topological polar surface area (TPSA) is 76.9 Å². The first-order valence-corrected chi connectivity index (χ1v) is 6.81. The van der Waals surface area contributed by atoms with Crippen molar-refractivity contribution >= 4 is 27.3 Å². The van der Waals surface area contributed by atoms with Gasteiger partial charge < -0.3 is 0 Å². The molecule has 0 aliphatic heterocycles. The smallest absolute Gasteiger partial charge is 0.246 e. The minimum absolute atomic E-state index is 0.442. The molecule has 0 radical (unpaired) electrons. The SMILES string of the molecule is O=S(=O)(CCl)Nc1cccc(-n2cnnc2)c1. The summed E-state index contributed by atoms with van der Waals surface area (Å²) in [5.74, 6) is 0. The van der Waals surface area contributed by atoms with Crippen molar-refractivity contribution in [2.24, 2.45) is 0 Å². The van der Waals surface area contributed by atoms with Crippen molar-refractivity contribution < 1.29 is 8.42 Å². The molecule has 0 spiro atoms. The number of nitrogens with one attached hydrogen (secondary N) is 1. The fourth-order valence-electron chi connectivity index (χ4n) is 1.27. The standard InChI is InChI=1S/C9H9ClN4O2S/c10-5-17(15,16)13-8-2-1-3-9(4-8)14-6-11-12-7-14/h1-4,6-7,13H,5H2. The van der Waals surface area contributed by atoms with E-state index in [2.05, 4.69) is 14.9 Å². The molecule has 17 heavy (non-hydrogen) atoms. The van der Waals surface area contributed by atoms with E-state index in [1.165, 1.54) is 12.7 Å². The molecular weight excluding hydrogens is 264 g/mol. The van der Waals surface area contributed by atoms with Gasteiger partial charge in [-0.3, -0.25) is 9.29 Å². The number of anilines is 1. The predicted octanol–water partition coefficient (Wildman–Crippen LogP) is 1.21. The summed E-state index contributed by atoms with van der Waals surface area (Å²) in [4.78, 5) is 0. The maximum atomic E-state index is 11.3. The molecule has 0 fully saturated rings. The number of hydrogen-bond acceptors (Lipinski definition) is 4. The molecule has 8 heteroatoms. The second-order valence-electron chi connectivity index (χ2n) is 3.25. The highest BCUT2D eigenvalue weighted by Crippen LogP contribution is 2.15. The van der Waals surface area contributed by atoms with Crippen molar-refractivity contribution in [2.75, 3.05) is 9.93 Å². The number of sulfonamides is 1. The average molecular weight is 273 g/mol. The van der Waals surface area contributed by atoms with E-state index in [0.717, 1.165) is 5.69 Å². The molecule has 0 aliphatic rings. The Morgan fingerprint density at radius 1 is 1.29 bits per heavy atom. The second kappa shape index (κ2) is 4.72. The normalized spacial score (nSPS) is 11.4. The minimum Gasteiger partial charge on any atom is -0.288 e. The number of rotatable bonds is 4. The molecule has 1 aromatic carbocycles. The van der Waals surface area contributed by atoms with Crippen LogP contribution in [0.5, 0.6) is 0 Å². The van der Waals surface area contributed by atoms with Gasteiger partial charge in [0.15, 0.2) is 0 Å². The van der Waals surface area contributed by atoms with E-state index in [4.69, 9.17) is 11.6 Å². The molecule has 0 saturated heterocycles. The van der Waals surface area contributed by atoms with Gasteiger partial charge in [0.05, 0.1) is 11.4 Å². The maximum absolute atomic E-state index is 11.3. The summed E-state index contributed by atoms with van der Waals surface area (Å²) in [7, 11) is -3.48. The molecule has 0 unspecified atom stereocenters. The highest BCUT2D eigenvalue weighted by molar-refractivity contribution is 7.93. The minimum atomic E-state index is -3.48. The van der Waals surface area contributed by atoms with Crippen LogP contribution in [0.15, 0.2) is 36.9 Å². The second-order valence-corrected chi connectivity index (χ2v) is 5.55. The van der Waals surface area contributed by atoms with E-state index in [0.29, 0.717) is 5.69 Å². The molecular formula is C9H9ClN4O2S. The fourth-order valence-corrected chi connectivity index (χ4v) is 1.98. The largest absolute Gasteiger partial charge is 0.288 e. The van der Waals surface area contributed by atoms with Crippen molar-refractivity contribution in [3.8, 4) is 5.69 Å². The van der Waals surface area contributed by atoms with Gasteiger partial charge in [-0.1, -0.05) is 6.07 Å². The zero-order chi connectivity index (χ0) is 12.3. The Bertz CT molecular complexity index is 597. The number of aromatic nitrogens is 3. The Hall–Kier alpha value is -1.60. The van der Waals surface area contributed by atoms with E-state index in [1.54, 1.807) is 22.8 Å². The van der Waals surface area contributed by atoms with Gasteiger partial charge in [0.25, 0.3) is 0 Å². The number of benzene rings is 1. The summed E-state index contributed by atoms with van der Waals surface area (Å²) in [6.45, 7) is 0. The third-order valence-corrected chi connectivity index (χ3v) is 3.68. The molecule has 0 aliphatic carbocycles. The van der Waals surface area contributed by atoms with Gasteiger partial charge in [-0.05, 0) is 18.2 Å². The molecule has 2 aromatic rings. The van der Waals surface area contributed by atoms with Crippen LogP contribution < -0.4 is 4.72 Å². The lowest BCUT2D eigenvalue weighted by Crippen LogP contribution is -2.13. The molecule has 1 aromatic heterocycles. The quantitative estimate of drug-likeness (QED) is 0.849. The predicted molar refractivity (Wildman–Crippen MR) is 64.6 cm³/mol. The summed E-state index contributed by atoms with van der Waals surface area (Å²) in [6, 6.07) is 6.83. The Morgan fingerprint density at radius 3 is 2.65 bits per heavy atom. The number of halogens is 1. The molecule has 6 nitrogen and oxygen atoms in total. The Labute approximate surface area is 103 Å². The van der Waals surface area contributed by atoms with Crippen LogP contribution in [0, 0.1) is 0 Å². The van der Waals surface area contributed by atoms with Gasteiger partial charge in [0, 0.05) is 0 Å². The lowest BCUT2D eigenvalue weighted by atomic mass is 10.3. The van der Waals surface area contributed by atoms with Crippen LogP contribution in [-0.4, -0.2) is 28.4 Å². The van der Waals surface area contributed by atoms with Crippen molar-refractivity contribution in [1.82, 2.24) is 14.8 Å². The molecule has 0 bridgehead atoms. The Balaban J connectivity index is 2.30. The van der Waals surface area contributed by atoms with Crippen LogP contribution >= 0.6 is 11.6 Å². The van der Waals surface area contributed by atoms with Gasteiger partial charge in [-0.15, -0.1) is 21.8 Å². The van der Waals surface area contributed by atoms with Crippen LogP contribution in [0.4, 0.5) is 5.69 Å². The van der Waals surface area contributed by atoms with E-state index in [1.807, 2.05) is 6.07 Å². The first kappa shape index (κ1) is 11.9. The number of nitrogens with zero attached hydrogens (tertiary/aromatic N) is 3. The first-order chi connectivity index (χ1) is 8.11. The van der Waals surface area contributed by atoms with E-state index < -0.39 is 15.2 Å². The zero-order valence-corrected chi connectivity index (χ0v) is 10.2. The van der Waals surface area contributed by atoms with Crippen molar-refractivity contribution in [3.63, 3.8) is 0 Å². The maximum Gasteiger partial charge on any atom is 0.246 e. The molecule has 2 rings (SSSR count). The third-order valence-electron chi connectivity index (χ3n) is 1.98. The summed E-state index contributed by atoms with van der Waals surface area (Å²) in [5.41, 5.74) is 1.20. The van der Waals surface area contributed by atoms with Crippen molar-refractivity contribution in [1.29, 1.82) is 0 Å². The highest BCUT2D eigenvalue weighted by atomic mass is 35.5. The highest BCUT2D eigenvalue weighted by Gasteiger charge is 2.08. The zero-order valence-electron chi connectivity index (χ0n) is 8.62. The molecule has 1 heterocycles. The van der Waals surface area contributed by atoms with Gasteiger partial charge >= 0.3 is 0 Å². The lowest BCUT2D eigenvalue weighted by molar-refractivity contribution is 0.605. The Morgan fingerprint density at radius 2 is 2.00 bits per heavy atom. The number of hydrogen-bond donors (Lipinski definition) is 1. The summed E-state index contributed by atoms with van der Waals surface area (Å²) in [6.07, 6.45) is 3.05. The molecule has 0 amide bonds. The summed E-state index contributed by atoms with van der Waals surface area (Å²) in [5, 5.41) is 6.86. The average Bonchev–Trinajstić information content (AvgIpc) is 2.82. The molecule has 90 valence electrons. The summed E-state index contributed by atoms with van der Waals surface area (Å²) < 4.78 is 26.6. The number of alkyl halides is 1. The van der Waals surface area contributed by atoms with Crippen LogP contribution in [-0.2, 0) is 10.0 Å². The monoisotopic (exact) mass is 272 g/mol. The Kier molecular flexibility index (Phi) is 3.30. The van der Waals surface area contributed by atoms with Crippen molar-refractivity contribution in [3.05, 3.63) is 36.9 Å². The van der Waals surface area contributed by atoms with Gasteiger partial charge in [0.1, 0.15) is 17.9 Å². The molecule has 0 atom stereocenters. The van der Waals surface area contributed by atoms with Gasteiger partial charge in [-0.25, -0.2) is 8.42 Å². The third kappa shape index (κ3) is 2.95. The van der Waals surface area contributed by atoms with Crippen molar-refractivity contribution in [2.45, 2.75) is 0 Å². The summed E-state index contributed by atoms with van der Waals surface area (Å²) >= 11 is 5.31. The van der Waals surface area contributed by atoms with Crippen LogP contribution in [0.2, 0.25) is 0 Å².